The zero-order chi connectivity index (χ0) is 37.5. The molecule has 2 amide bonds. The second-order valence-corrected chi connectivity index (χ2v) is 16.0. The first-order valence-electron chi connectivity index (χ1n) is 18.5. The minimum atomic E-state index is -4.61. The van der Waals surface area contributed by atoms with Gasteiger partial charge in [0.15, 0.2) is 0 Å². The molecule has 1 spiro atoms. The number of aryl methyl sites for hydroxylation is 1. The first-order valence-corrected chi connectivity index (χ1v) is 18.9. The Hall–Kier alpha value is -3.94. The summed E-state index contributed by atoms with van der Waals surface area (Å²) >= 11 is 6.32. The standard InChI is InChI=1S/C39H47ClF3N7O3/c1-47-23-27(19-28(24-47)45-33-21-44-48(2)37(53)35(33)40)26-5-3-25(4-6-26)22-49-15-11-38(12-16-49)13-17-50(18-14-38)29-7-8-30(32(20-29)39(41,42)43)31-9-10-34(51)46-36(31)52/h3-8,20-21,27-28,31,45H,9-19,22-24H2,1-2H3,(H,46,51,52)/t27-,28+,31?/m0/s1. The molecule has 0 bridgehead atoms. The molecule has 14 heteroatoms. The summed E-state index contributed by atoms with van der Waals surface area (Å²) in [7, 11) is 3.69. The van der Waals surface area contributed by atoms with E-state index >= 15 is 0 Å². The Labute approximate surface area is 312 Å². The number of imide groups is 1. The maximum absolute atomic E-state index is 14.2. The van der Waals surface area contributed by atoms with Crippen LogP contribution in [-0.2, 0) is 29.4 Å². The van der Waals surface area contributed by atoms with E-state index in [0.717, 1.165) is 64.8 Å². The minimum absolute atomic E-state index is 0.0293. The normalized spacial score (nSPS) is 24.3. The highest BCUT2D eigenvalue weighted by Gasteiger charge is 2.41. The topological polar surface area (TPSA) is 103 Å². The largest absolute Gasteiger partial charge is 0.416 e. The SMILES string of the molecule is CN1C[C@H](Nc2cnn(C)c(=O)c2Cl)C[C@H](c2ccc(CN3CCC4(CC3)CCN(c3ccc(C5CCC(=O)NC5=O)c(C(F)(F)F)c3)CC4)cc2)C1. The van der Waals surface area contributed by atoms with E-state index in [2.05, 4.69) is 56.8 Å². The van der Waals surface area contributed by atoms with Crippen LogP contribution in [0, 0.1) is 5.41 Å². The lowest BCUT2D eigenvalue weighted by Gasteiger charge is -2.47. The molecule has 4 saturated heterocycles. The van der Waals surface area contributed by atoms with Crippen molar-refractivity contribution in [2.24, 2.45) is 12.5 Å². The summed E-state index contributed by atoms with van der Waals surface area (Å²) in [6.07, 6.45) is 2.02. The molecule has 2 N–H and O–H groups in total. The number of aromatic nitrogens is 2. The number of amides is 2. The Morgan fingerprint density at radius 1 is 0.962 bits per heavy atom. The number of anilines is 2. The molecule has 5 heterocycles. The number of hydrogen-bond acceptors (Lipinski definition) is 8. The molecule has 0 aliphatic carbocycles. The van der Waals surface area contributed by atoms with Crippen molar-refractivity contribution >= 4 is 34.8 Å². The zero-order valence-electron chi connectivity index (χ0n) is 30.2. The second kappa shape index (κ2) is 15.1. The molecule has 1 aromatic heterocycles. The molecule has 3 aromatic rings. The Bertz CT molecular complexity index is 1880. The predicted molar refractivity (Wildman–Crippen MR) is 198 cm³/mol. The third-order valence-electron chi connectivity index (χ3n) is 12.0. The molecular weight excluding hydrogens is 707 g/mol. The van der Waals surface area contributed by atoms with Crippen LogP contribution in [0.5, 0.6) is 0 Å². The molecule has 284 valence electrons. The van der Waals surface area contributed by atoms with Crippen LogP contribution in [0.1, 0.15) is 79.0 Å². The molecule has 10 nitrogen and oxygen atoms in total. The van der Waals surface area contributed by atoms with Crippen molar-refractivity contribution in [3.8, 4) is 0 Å². The number of piperidine rings is 4. The first-order chi connectivity index (χ1) is 25.3. The first kappa shape index (κ1) is 37.4. The van der Waals surface area contributed by atoms with Crippen LogP contribution in [0.2, 0.25) is 5.02 Å². The number of hydrogen-bond donors (Lipinski definition) is 2. The highest BCUT2D eigenvalue weighted by molar-refractivity contribution is 6.32. The Kier molecular flexibility index (Phi) is 10.6. The smallest absolute Gasteiger partial charge is 0.378 e. The molecule has 4 aliphatic heterocycles. The molecule has 7 rings (SSSR count). The van der Waals surface area contributed by atoms with Gasteiger partial charge in [0, 0.05) is 57.9 Å². The fourth-order valence-corrected chi connectivity index (χ4v) is 9.08. The highest BCUT2D eigenvalue weighted by Crippen LogP contribution is 2.44. The molecule has 53 heavy (non-hydrogen) atoms. The van der Waals surface area contributed by atoms with Gasteiger partial charge in [0.2, 0.25) is 11.8 Å². The summed E-state index contributed by atoms with van der Waals surface area (Å²) in [6.45, 7) is 6.03. The van der Waals surface area contributed by atoms with E-state index in [9.17, 15) is 27.6 Å². The average molecular weight is 754 g/mol. The zero-order valence-corrected chi connectivity index (χ0v) is 31.0. The lowest BCUT2D eigenvalue weighted by molar-refractivity contribution is -0.139. The van der Waals surface area contributed by atoms with Crippen LogP contribution in [0.3, 0.4) is 0 Å². The molecule has 0 saturated carbocycles. The van der Waals surface area contributed by atoms with Crippen molar-refractivity contribution in [2.75, 3.05) is 56.5 Å². The number of rotatable bonds is 7. The Morgan fingerprint density at radius 2 is 1.66 bits per heavy atom. The van der Waals surface area contributed by atoms with Crippen LogP contribution < -0.4 is 21.1 Å². The van der Waals surface area contributed by atoms with Crippen molar-refractivity contribution in [1.82, 2.24) is 24.9 Å². The van der Waals surface area contributed by atoms with Crippen molar-refractivity contribution in [2.45, 2.75) is 75.5 Å². The van der Waals surface area contributed by atoms with Crippen molar-refractivity contribution in [1.29, 1.82) is 0 Å². The van der Waals surface area contributed by atoms with E-state index in [1.54, 1.807) is 19.3 Å². The summed E-state index contributed by atoms with van der Waals surface area (Å²) in [5.41, 5.74) is 2.68. The van der Waals surface area contributed by atoms with Gasteiger partial charge in [-0.2, -0.15) is 18.3 Å². The van der Waals surface area contributed by atoms with Crippen molar-refractivity contribution in [3.05, 3.63) is 86.3 Å². The van der Waals surface area contributed by atoms with Crippen LogP contribution in [0.15, 0.2) is 53.5 Å². The van der Waals surface area contributed by atoms with Gasteiger partial charge in [0.05, 0.1) is 23.4 Å². The van der Waals surface area contributed by atoms with E-state index in [-0.39, 0.29) is 40.4 Å². The van der Waals surface area contributed by atoms with Crippen LogP contribution >= 0.6 is 11.6 Å². The Morgan fingerprint density at radius 3 is 2.34 bits per heavy atom. The number of likely N-dealkylation sites (N-methyl/N-ethyl adjacent to an activating group) is 1. The number of carbonyl (C=O) groups excluding carboxylic acids is 2. The van der Waals surface area contributed by atoms with E-state index in [4.69, 9.17) is 11.6 Å². The summed E-state index contributed by atoms with van der Waals surface area (Å²) in [6, 6.07) is 13.4. The number of benzene rings is 2. The van der Waals surface area contributed by atoms with Crippen LogP contribution in [0.4, 0.5) is 24.5 Å². The quantitative estimate of drug-likeness (QED) is 0.294. The summed E-state index contributed by atoms with van der Waals surface area (Å²) in [5.74, 6) is -1.76. The number of alkyl halides is 3. The minimum Gasteiger partial charge on any atom is -0.378 e. The average Bonchev–Trinajstić information content (AvgIpc) is 3.13. The van der Waals surface area contributed by atoms with Gasteiger partial charge in [-0.1, -0.05) is 41.9 Å². The highest BCUT2D eigenvalue weighted by atomic mass is 35.5. The number of likely N-dealkylation sites (tertiary alicyclic amines) is 2. The Balaban J connectivity index is 0.913. The molecule has 1 unspecified atom stereocenters. The summed E-state index contributed by atoms with van der Waals surface area (Å²) in [4.78, 5) is 43.1. The molecule has 4 fully saturated rings. The van der Waals surface area contributed by atoms with Gasteiger partial charge in [0.25, 0.3) is 5.56 Å². The second-order valence-electron chi connectivity index (χ2n) is 15.6. The number of carbonyl (C=O) groups is 2. The lowest BCUT2D eigenvalue weighted by Crippen LogP contribution is -2.46. The van der Waals surface area contributed by atoms with Crippen molar-refractivity contribution in [3.63, 3.8) is 0 Å². The third-order valence-corrected chi connectivity index (χ3v) is 12.4. The van der Waals surface area contributed by atoms with Gasteiger partial charge in [-0.25, -0.2) is 4.68 Å². The monoisotopic (exact) mass is 753 g/mol. The van der Waals surface area contributed by atoms with E-state index < -0.39 is 29.5 Å². The predicted octanol–water partition coefficient (Wildman–Crippen LogP) is 5.76. The van der Waals surface area contributed by atoms with Crippen molar-refractivity contribution < 1.29 is 22.8 Å². The molecule has 2 aromatic carbocycles. The third kappa shape index (κ3) is 8.27. The van der Waals surface area contributed by atoms with Gasteiger partial charge in [-0.3, -0.25) is 24.6 Å². The van der Waals surface area contributed by atoms with Gasteiger partial charge >= 0.3 is 6.18 Å². The summed E-state index contributed by atoms with van der Waals surface area (Å²) < 4.78 is 43.9. The fraction of sp³-hybridized carbons (Fsp3) is 0.538. The maximum atomic E-state index is 14.2. The van der Waals surface area contributed by atoms with Gasteiger partial charge in [-0.15, -0.1) is 0 Å². The van der Waals surface area contributed by atoms with Gasteiger partial charge in [-0.05, 0) is 98.8 Å². The molecule has 4 aliphatic rings. The van der Waals surface area contributed by atoms with Gasteiger partial charge in [0.1, 0.15) is 5.02 Å². The lowest BCUT2D eigenvalue weighted by atomic mass is 9.71. The van der Waals surface area contributed by atoms with Gasteiger partial charge < -0.3 is 15.1 Å². The van der Waals surface area contributed by atoms with Crippen LogP contribution in [0.25, 0.3) is 0 Å². The maximum Gasteiger partial charge on any atom is 0.416 e. The summed E-state index contributed by atoms with van der Waals surface area (Å²) in [5, 5.41) is 9.91. The molecular formula is C39H47ClF3N7O3. The van der Waals surface area contributed by atoms with E-state index in [1.165, 1.54) is 27.9 Å². The van der Waals surface area contributed by atoms with E-state index in [0.29, 0.717) is 30.4 Å². The number of nitrogens with zero attached hydrogens (tertiary/aromatic N) is 5. The van der Waals surface area contributed by atoms with Crippen LogP contribution in [-0.4, -0.2) is 83.8 Å². The fourth-order valence-electron chi connectivity index (χ4n) is 8.86. The molecule has 0 radical (unpaired) electrons. The molecule has 3 atom stereocenters. The van der Waals surface area contributed by atoms with E-state index in [1.807, 2.05) is 4.90 Å². The number of nitrogens with one attached hydrogen (secondary N) is 2. The number of halogens is 4.